The summed E-state index contributed by atoms with van der Waals surface area (Å²) in [6.45, 7) is 5.87. The second-order valence-corrected chi connectivity index (χ2v) is 4.73. The summed E-state index contributed by atoms with van der Waals surface area (Å²) in [5.41, 5.74) is 0. The van der Waals surface area contributed by atoms with Crippen LogP contribution < -0.4 is 5.32 Å². The molecule has 1 saturated carbocycles. The minimum Gasteiger partial charge on any atom is -0.314 e. The molecule has 0 heterocycles. The van der Waals surface area contributed by atoms with Crippen molar-refractivity contribution in [3.05, 3.63) is 0 Å². The van der Waals surface area contributed by atoms with Gasteiger partial charge >= 0.3 is 0 Å². The molecule has 0 saturated heterocycles. The average Bonchev–Trinajstić information content (AvgIpc) is 2.98. The molecule has 2 atom stereocenters. The predicted octanol–water partition coefficient (Wildman–Crippen LogP) is 2.81. The van der Waals surface area contributed by atoms with Crippen molar-refractivity contribution in [3.63, 3.8) is 0 Å². The minimum absolute atomic E-state index is 0.786. The lowest BCUT2D eigenvalue weighted by molar-refractivity contribution is 0.341. The number of unbranched alkanes of at least 4 members (excludes halogenated alkanes) is 1. The van der Waals surface area contributed by atoms with Crippen LogP contribution in [-0.4, -0.2) is 12.6 Å². The van der Waals surface area contributed by atoms with Crippen molar-refractivity contribution in [2.24, 2.45) is 11.8 Å². The lowest BCUT2D eigenvalue weighted by Crippen LogP contribution is -2.26. The average molecular weight is 193 g/mol. The van der Waals surface area contributed by atoms with Crippen LogP contribution in [0.1, 0.15) is 46.0 Å². The van der Waals surface area contributed by atoms with Gasteiger partial charge in [-0.1, -0.05) is 13.8 Å². The summed E-state index contributed by atoms with van der Waals surface area (Å²) in [4.78, 5) is 0. The van der Waals surface area contributed by atoms with E-state index in [-0.39, 0.29) is 0 Å². The maximum Gasteiger partial charge on any atom is 0.00861 e. The zero-order chi connectivity index (χ0) is 10.4. The van der Waals surface area contributed by atoms with E-state index >= 15 is 0 Å². The maximum atomic E-state index is 5.24. The number of rotatable bonds is 7. The topological polar surface area (TPSA) is 12.0 Å². The van der Waals surface area contributed by atoms with Crippen molar-refractivity contribution in [2.45, 2.75) is 52.0 Å². The summed E-state index contributed by atoms with van der Waals surface area (Å²) in [7, 11) is 0. The van der Waals surface area contributed by atoms with Gasteiger partial charge in [0.05, 0.1) is 0 Å². The van der Waals surface area contributed by atoms with Crippen LogP contribution in [0.5, 0.6) is 0 Å². The Bertz CT molecular complexity index is 188. The van der Waals surface area contributed by atoms with Crippen LogP contribution in [0.4, 0.5) is 0 Å². The number of hydrogen-bond acceptors (Lipinski definition) is 1. The van der Waals surface area contributed by atoms with E-state index in [1.165, 1.54) is 32.2 Å². The van der Waals surface area contributed by atoms with Crippen LogP contribution >= 0.6 is 0 Å². The van der Waals surface area contributed by atoms with Gasteiger partial charge < -0.3 is 5.32 Å². The largest absolute Gasteiger partial charge is 0.314 e. The lowest BCUT2D eigenvalue weighted by atomic mass is 9.91. The molecule has 0 aromatic heterocycles. The van der Waals surface area contributed by atoms with Crippen LogP contribution in [0.25, 0.3) is 0 Å². The van der Waals surface area contributed by atoms with Gasteiger partial charge in [-0.15, -0.1) is 12.3 Å². The van der Waals surface area contributed by atoms with Gasteiger partial charge in [0.1, 0.15) is 0 Å². The standard InChI is InChI=1S/C13H23N/c1-4-5-6-7-11(2)12(3)10-14-13-8-9-13/h1,11-14H,5-10H2,2-3H3. The zero-order valence-corrected chi connectivity index (χ0v) is 9.55. The van der Waals surface area contributed by atoms with E-state index in [2.05, 4.69) is 25.1 Å². The Morgan fingerprint density at radius 3 is 2.64 bits per heavy atom. The molecule has 1 rings (SSSR count). The second kappa shape index (κ2) is 6.09. The van der Waals surface area contributed by atoms with Crippen molar-refractivity contribution in [1.82, 2.24) is 5.32 Å². The third kappa shape index (κ3) is 4.67. The fourth-order valence-electron chi connectivity index (χ4n) is 1.65. The SMILES string of the molecule is C#CCCCC(C)C(C)CNC1CC1. The van der Waals surface area contributed by atoms with Gasteiger partial charge in [-0.3, -0.25) is 0 Å². The monoisotopic (exact) mass is 193 g/mol. The summed E-state index contributed by atoms with van der Waals surface area (Å²) in [6, 6.07) is 0.843. The van der Waals surface area contributed by atoms with Gasteiger partial charge in [0.25, 0.3) is 0 Å². The van der Waals surface area contributed by atoms with E-state index < -0.39 is 0 Å². The Kier molecular flexibility index (Phi) is 5.04. The molecule has 80 valence electrons. The number of hydrogen-bond donors (Lipinski definition) is 1. The fourth-order valence-corrected chi connectivity index (χ4v) is 1.65. The smallest absolute Gasteiger partial charge is 0.00861 e. The Morgan fingerprint density at radius 2 is 2.07 bits per heavy atom. The Balaban J connectivity index is 2.02. The van der Waals surface area contributed by atoms with Crippen molar-refractivity contribution in [1.29, 1.82) is 0 Å². The Morgan fingerprint density at radius 1 is 1.36 bits per heavy atom. The van der Waals surface area contributed by atoms with Crippen LogP contribution in [0, 0.1) is 24.2 Å². The van der Waals surface area contributed by atoms with Gasteiger partial charge in [0.2, 0.25) is 0 Å². The number of nitrogens with one attached hydrogen (secondary N) is 1. The minimum atomic E-state index is 0.786. The fraction of sp³-hybridized carbons (Fsp3) is 0.846. The maximum absolute atomic E-state index is 5.24. The summed E-state index contributed by atoms with van der Waals surface area (Å²) in [5, 5.41) is 3.59. The molecular formula is C13H23N. The molecule has 0 bridgehead atoms. The molecule has 0 amide bonds. The molecule has 1 aliphatic rings. The molecule has 0 radical (unpaired) electrons. The molecule has 0 spiro atoms. The van der Waals surface area contributed by atoms with Gasteiger partial charge in [-0.25, -0.2) is 0 Å². The molecule has 0 aromatic rings. The molecule has 0 aliphatic heterocycles. The molecule has 14 heavy (non-hydrogen) atoms. The zero-order valence-electron chi connectivity index (χ0n) is 9.55. The summed E-state index contributed by atoms with van der Waals surface area (Å²) in [6.07, 6.45) is 11.4. The molecule has 1 N–H and O–H groups in total. The van der Waals surface area contributed by atoms with E-state index in [4.69, 9.17) is 6.42 Å². The first kappa shape index (κ1) is 11.6. The first-order valence-corrected chi connectivity index (χ1v) is 5.91. The first-order valence-electron chi connectivity index (χ1n) is 5.91. The molecule has 1 nitrogen and oxygen atoms in total. The van der Waals surface area contributed by atoms with Crippen LogP contribution in [0.3, 0.4) is 0 Å². The highest BCUT2D eigenvalue weighted by molar-refractivity contribution is 4.84. The van der Waals surface area contributed by atoms with Gasteiger partial charge in [-0.05, 0) is 44.1 Å². The molecule has 2 unspecified atom stereocenters. The molecular weight excluding hydrogens is 170 g/mol. The highest BCUT2D eigenvalue weighted by atomic mass is 14.9. The van der Waals surface area contributed by atoms with E-state index in [1.54, 1.807) is 0 Å². The Labute approximate surface area is 88.7 Å². The van der Waals surface area contributed by atoms with E-state index in [0.29, 0.717) is 0 Å². The third-order valence-electron chi connectivity index (χ3n) is 3.26. The number of terminal acetylenes is 1. The molecule has 1 fully saturated rings. The van der Waals surface area contributed by atoms with E-state index in [9.17, 15) is 0 Å². The third-order valence-corrected chi connectivity index (χ3v) is 3.26. The summed E-state index contributed by atoms with van der Waals surface area (Å²) in [5.74, 6) is 4.29. The van der Waals surface area contributed by atoms with E-state index in [1.807, 2.05) is 0 Å². The van der Waals surface area contributed by atoms with E-state index in [0.717, 1.165) is 24.3 Å². The van der Waals surface area contributed by atoms with Gasteiger partial charge in [-0.2, -0.15) is 0 Å². The predicted molar refractivity (Wildman–Crippen MR) is 62.0 cm³/mol. The molecule has 1 heteroatoms. The van der Waals surface area contributed by atoms with Gasteiger partial charge in [0, 0.05) is 12.5 Å². The van der Waals surface area contributed by atoms with Gasteiger partial charge in [0.15, 0.2) is 0 Å². The van der Waals surface area contributed by atoms with Crippen molar-refractivity contribution >= 4 is 0 Å². The first-order chi connectivity index (χ1) is 6.74. The lowest BCUT2D eigenvalue weighted by Gasteiger charge is -2.19. The Hall–Kier alpha value is -0.480. The normalized spacial score (nSPS) is 20.1. The van der Waals surface area contributed by atoms with Crippen molar-refractivity contribution in [2.75, 3.05) is 6.54 Å². The summed E-state index contributed by atoms with van der Waals surface area (Å²) >= 11 is 0. The van der Waals surface area contributed by atoms with Crippen LogP contribution in [0.15, 0.2) is 0 Å². The second-order valence-electron chi connectivity index (χ2n) is 4.73. The highest BCUT2D eigenvalue weighted by Crippen LogP contribution is 2.21. The quantitative estimate of drug-likeness (QED) is 0.484. The highest BCUT2D eigenvalue weighted by Gasteiger charge is 2.22. The van der Waals surface area contributed by atoms with Crippen molar-refractivity contribution < 1.29 is 0 Å². The van der Waals surface area contributed by atoms with Crippen LogP contribution in [-0.2, 0) is 0 Å². The molecule has 1 aliphatic carbocycles. The summed E-state index contributed by atoms with van der Waals surface area (Å²) < 4.78 is 0. The van der Waals surface area contributed by atoms with Crippen molar-refractivity contribution in [3.8, 4) is 12.3 Å². The molecule has 0 aromatic carbocycles. The van der Waals surface area contributed by atoms with Crippen LogP contribution in [0.2, 0.25) is 0 Å².